The molecule has 2 aliphatic heterocycles. The van der Waals surface area contributed by atoms with E-state index in [2.05, 4.69) is 4.90 Å². The van der Waals surface area contributed by atoms with E-state index in [4.69, 9.17) is 0 Å². The second-order valence-corrected chi connectivity index (χ2v) is 6.35. The van der Waals surface area contributed by atoms with Crippen LogP contribution in [0.1, 0.15) is 16.8 Å². The van der Waals surface area contributed by atoms with E-state index in [0.717, 1.165) is 19.5 Å². The molecule has 2 saturated heterocycles. The molecule has 2 fully saturated rings. The van der Waals surface area contributed by atoms with Crippen molar-refractivity contribution >= 4 is 11.8 Å². The minimum absolute atomic E-state index is 0.0776. The van der Waals surface area contributed by atoms with Crippen molar-refractivity contribution in [3.8, 4) is 0 Å². The minimum atomic E-state index is -0.495. The Morgan fingerprint density at radius 3 is 2.30 bits per heavy atom. The topological polar surface area (TPSA) is 43.9 Å². The molecule has 5 nitrogen and oxygen atoms in total. The lowest BCUT2D eigenvalue weighted by atomic mass is 10.1. The summed E-state index contributed by atoms with van der Waals surface area (Å²) in [5.41, 5.74) is 0.102. The summed E-state index contributed by atoms with van der Waals surface area (Å²) in [5.74, 6) is -0.526. The van der Waals surface area contributed by atoms with E-state index in [-0.39, 0.29) is 23.3 Å². The SMILES string of the molecule is CN1CCC(C(=O)N2CCN(C(=O)c3ccccc3F)CC2)C1. The standard InChI is InChI=1S/C17H22FN3O2/c1-19-7-6-13(12-19)16(22)20-8-10-21(11-9-20)17(23)14-4-2-3-5-15(14)18/h2-5,13H,6-12H2,1H3. The second kappa shape index (κ2) is 6.66. The van der Waals surface area contributed by atoms with Gasteiger partial charge in [-0.3, -0.25) is 9.59 Å². The lowest BCUT2D eigenvalue weighted by Gasteiger charge is -2.36. The lowest BCUT2D eigenvalue weighted by Crippen LogP contribution is -2.52. The summed E-state index contributed by atoms with van der Waals surface area (Å²) in [4.78, 5) is 30.5. The zero-order valence-corrected chi connectivity index (χ0v) is 13.4. The maximum Gasteiger partial charge on any atom is 0.256 e. The molecule has 6 heteroatoms. The van der Waals surface area contributed by atoms with Crippen LogP contribution in [0.25, 0.3) is 0 Å². The van der Waals surface area contributed by atoms with E-state index in [0.29, 0.717) is 26.2 Å². The van der Waals surface area contributed by atoms with Gasteiger partial charge in [-0.25, -0.2) is 4.39 Å². The zero-order valence-electron chi connectivity index (χ0n) is 13.4. The maximum atomic E-state index is 13.7. The molecule has 1 aromatic carbocycles. The van der Waals surface area contributed by atoms with Gasteiger partial charge in [-0.05, 0) is 32.1 Å². The van der Waals surface area contributed by atoms with Crippen LogP contribution in [0, 0.1) is 11.7 Å². The van der Waals surface area contributed by atoms with Crippen LogP contribution >= 0.6 is 0 Å². The number of nitrogens with zero attached hydrogens (tertiary/aromatic N) is 3. The summed E-state index contributed by atoms with van der Waals surface area (Å²) in [5, 5.41) is 0. The molecule has 23 heavy (non-hydrogen) atoms. The van der Waals surface area contributed by atoms with Crippen LogP contribution in [0.15, 0.2) is 24.3 Å². The molecule has 0 spiro atoms. The summed E-state index contributed by atoms with van der Waals surface area (Å²) in [6.07, 6.45) is 0.906. The number of carbonyl (C=O) groups is 2. The van der Waals surface area contributed by atoms with Gasteiger partial charge in [0.2, 0.25) is 5.91 Å². The van der Waals surface area contributed by atoms with Gasteiger partial charge in [-0.2, -0.15) is 0 Å². The zero-order chi connectivity index (χ0) is 16.4. The van der Waals surface area contributed by atoms with Crippen molar-refractivity contribution in [3.63, 3.8) is 0 Å². The number of likely N-dealkylation sites (tertiary alicyclic amines) is 1. The Labute approximate surface area is 135 Å². The van der Waals surface area contributed by atoms with Gasteiger partial charge in [-0.15, -0.1) is 0 Å². The highest BCUT2D eigenvalue weighted by atomic mass is 19.1. The van der Waals surface area contributed by atoms with Crippen molar-refractivity contribution in [2.75, 3.05) is 46.3 Å². The first-order valence-corrected chi connectivity index (χ1v) is 8.07. The Morgan fingerprint density at radius 1 is 1.04 bits per heavy atom. The molecule has 0 saturated carbocycles. The van der Waals surface area contributed by atoms with E-state index < -0.39 is 5.82 Å². The molecule has 3 rings (SSSR count). The highest BCUT2D eigenvalue weighted by molar-refractivity contribution is 5.94. The van der Waals surface area contributed by atoms with Crippen LogP contribution in [0.4, 0.5) is 4.39 Å². The van der Waals surface area contributed by atoms with E-state index in [1.54, 1.807) is 17.0 Å². The number of hydrogen-bond donors (Lipinski definition) is 0. The summed E-state index contributed by atoms with van der Waals surface area (Å²) in [7, 11) is 2.03. The molecular weight excluding hydrogens is 297 g/mol. The van der Waals surface area contributed by atoms with Crippen molar-refractivity contribution in [2.24, 2.45) is 5.92 Å². The molecule has 1 atom stereocenters. The molecular formula is C17H22FN3O2. The largest absolute Gasteiger partial charge is 0.339 e. The monoisotopic (exact) mass is 319 g/mol. The average molecular weight is 319 g/mol. The third kappa shape index (κ3) is 3.37. The summed E-state index contributed by atoms with van der Waals surface area (Å²) < 4.78 is 13.7. The number of piperazine rings is 1. The van der Waals surface area contributed by atoms with Gasteiger partial charge in [0.25, 0.3) is 5.91 Å². The fourth-order valence-corrected chi connectivity index (χ4v) is 3.33. The Balaban J connectivity index is 1.57. The molecule has 124 valence electrons. The number of carbonyl (C=O) groups excluding carboxylic acids is 2. The highest BCUT2D eigenvalue weighted by Gasteiger charge is 2.32. The van der Waals surface area contributed by atoms with E-state index in [9.17, 15) is 14.0 Å². The van der Waals surface area contributed by atoms with Crippen molar-refractivity contribution in [1.82, 2.24) is 14.7 Å². The third-order valence-electron chi connectivity index (χ3n) is 4.72. The minimum Gasteiger partial charge on any atom is -0.339 e. The molecule has 0 radical (unpaired) electrons. The van der Waals surface area contributed by atoms with Crippen molar-refractivity contribution < 1.29 is 14.0 Å². The molecule has 0 N–H and O–H groups in total. The molecule has 1 aromatic rings. The van der Waals surface area contributed by atoms with Gasteiger partial charge < -0.3 is 14.7 Å². The first-order chi connectivity index (χ1) is 11.1. The van der Waals surface area contributed by atoms with Crippen LogP contribution in [0.3, 0.4) is 0 Å². The number of rotatable bonds is 2. The van der Waals surface area contributed by atoms with Crippen molar-refractivity contribution in [3.05, 3.63) is 35.6 Å². The number of halogens is 1. The van der Waals surface area contributed by atoms with Gasteiger partial charge in [0, 0.05) is 32.7 Å². The first kappa shape index (κ1) is 15.9. The van der Waals surface area contributed by atoms with Crippen LogP contribution in [-0.2, 0) is 4.79 Å². The lowest BCUT2D eigenvalue weighted by molar-refractivity contribution is -0.136. The van der Waals surface area contributed by atoms with E-state index in [1.165, 1.54) is 12.1 Å². The Kier molecular flexibility index (Phi) is 4.61. The quantitative estimate of drug-likeness (QED) is 0.819. The van der Waals surface area contributed by atoms with Crippen LogP contribution in [0.2, 0.25) is 0 Å². The van der Waals surface area contributed by atoms with Gasteiger partial charge in [-0.1, -0.05) is 12.1 Å². The Bertz CT molecular complexity index is 599. The number of amides is 2. The summed E-state index contributed by atoms with van der Waals surface area (Å²) >= 11 is 0. The third-order valence-corrected chi connectivity index (χ3v) is 4.72. The van der Waals surface area contributed by atoms with Gasteiger partial charge in [0.1, 0.15) is 5.82 Å². The van der Waals surface area contributed by atoms with Gasteiger partial charge >= 0.3 is 0 Å². The highest BCUT2D eigenvalue weighted by Crippen LogP contribution is 2.19. The van der Waals surface area contributed by atoms with Crippen molar-refractivity contribution in [1.29, 1.82) is 0 Å². The molecule has 2 heterocycles. The maximum absolute atomic E-state index is 13.7. The Morgan fingerprint density at radius 2 is 1.70 bits per heavy atom. The predicted molar refractivity (Wildman–Crippen MR) is 84.5 cm³/mol. The normalized spacial score (nSPS) is 22.4. The molecule has 0 aromatic heterocycles. The smallest absolute Gasteiger partial charge is 0.256 e. The van der Waals surface area contributed by atoms with Gasteiger partial charge in [0.15, 0.2) is 0 Å². The van der Waals surface area contributed by atoms with Crippen molar-refractivity contribution in [2.45, 2.75) is 6.42 Å². The number of benzene rings is 1. The van der Waals surface area contributed by atoms with Crippen LogP contribution in [-0.4, -0.2) is 72.8 Å². The van der Waals surface area contributed by atoms with E-state index >= 15 is 0 Å². The molecule has 0 bridgehead atoms. The predicted octanol–water partition coefficient (Wildman–Crippen LogP) is 1.06. The first-order valence-electron chi connectivity index (χ1n) is 8.07. The fourth-order valence-electron chi connectivity index (χ4n) is 3.33. The number of hydrogen-bond acceptors (Lipinski definition) is 3. The fraction of sp³-hybridized carbons (Fsp3) is 0.529. The van der Waals surface area contributed by atoms with Gasteiger partial charge in [0.05, 0.1) is 11.5 Å². The molecule has 2 amide bonds. The molecule has 2 aliphatic rings. The van der Waals surface area contributed by atoms with Crippen LogP contribution < -0.4 is 0 Å². The van der Waals surface area contributed by atoms with E-state index in [1.807, 2.05) is 11.9 Å². The average Bonchev–Trinajstić information content (AvgIpc) is 3.01. The molecule has 0 aliphatic carbocycles. The Hall–Kier alpha value is -1.95. The van der Waals surface area contributed by atoms with Crippen LogP contribution in [0.5, 0.6) is 0 Å². The second-order valence-electron chi connectivity index (χ2n) is 6.35. The molecule has 1 unspecified atom stereocenters. The summed E-state index contributed by atoms with van der Waals surface area (Å²) in [6.45, 7) is 3.75. The summed E-state index contributed by atoms with van der Waals surface area (Å²) in [6, 6.07) is 6.03.